The Morgan fingerprint density at radius 2 is 1.91 bits per heavy atom. The molecule has 3 N–H and O–H groups in total. The van der Waals surface area contributed by atoms with Gasteiger partial charge in [-0.15, -0.1) is 10.2 Å². The number of hydrogen-bond acceptors (Lipinski definition) is 7. The van der Waals surface area contributed by atoms with Gasteiger partial charge in [-0.25, -0.2) is 13.6 Å². The maximum Gasteiger partial charge on any atom is 0.318 e. The van der Waals surface area contributed by atoms with Crippen LogP contribution in [0.15, 0.2) is 4.42 Å². The van der Waals surface area contributed by atoms with Crippen LogP contribution in [0.5, 0.6) is 0 Å². The molecule has 0 aromatic carbocycles. The number of halogens is 2. The average molecular weight is 474 g/mol. The molecule has 10 nitrogen and oxygen atoms in total. The van der Waals surface area contributed by atoms with Gasteiger partial charge in [0.05, 0.1) is 19.3 Å². The number of hydrogen-bond donors (Lipinski definition) is 3. The fourth-order valence-electron chi connectivity index (χ4n) is 3.70. The molecule has 1 unspecified atom stereocenters. The highest BCUT2D eigenvalue weighted by Gasteiger charge is 2.38. The van der Waals surface area contributed by atoms with Crippen LogP contribution in [0.4, 0.5) is 13.6 Å². The first-order valence-corrected chi connectivity index (χ1v) is 11.6. The summed E-state index contributed by atoms with van der Waals surface area (Å²) in [5, 5.41) is 23.5. The van der Waals surface area contributed by atoms with Gasteiger partial charge in [0.2, 0.25) is 17.7 Å². The predicted octanol–water partition coefficient (Wildman–Crippen LogP) is 2.11. The van der Waals surface area contributed by atoms with E-state index in [-0.39, 0.29) is 24.7 Å². The number of nitrogens with zero attached hydrogens (tertiary/aromatic N) is 3. The summed E-state index contributed by atoms with van der Waals surface area (Å²) < 4.78 is 39.5. The third kappa shape index (κ3) is 7.07. The van der Waals surface area contributed by atoms with Gasteiger partial charge in [-0.2, -0.15) is 0 Å². The SMILES string of the molecule is CCCC(F)(F)CC(NC(=O)N1CCOCC1)C(=O)N[C@@H](CC)[C@H](O)c1nnc(C2CC2)o1. The summed E-state index contributed by atoms with van der Waals surface area (Å²) in [6, 6.07) is -2.94. The molecule has 0 radical (unpaired) electrons. The lowest BCUT2D eigenvalue weighted by Gasteiger charge is -2.31. The Hall–Kier alpha value is -2.34. The number of morpholine rings is 1. The number of amides is 3. The molecule has 1 aliphatic carbocycles. The van der Waals surface area contributed by atoms with Crippen LogP contribution in [0.1, 0.15) is 76.2 Å². The fourth-order valence-corrected chi connectivity index (χ4v) is 3.70. The van der Waals surface area contributed by atoms with E-state index in [0.717, 1.165) is 12.8 Å². The number of ether oxygens (including phenoxy) is 1. The van der Waals surface area contributed by atoms with E-state index >= 15 is 0 Å². The number of rotatable bonds is 11. The molecular weight excluding hydrogens is 440 g/mol. The molecule has 2 heterocycles. The van der Waals surface area contributed by atoms with Crippen molar-refractivity contribution in [2.24, 2.45) is 0 Å². The van der Waals surface area contributed by atoms with E-state index in [9.17, 15) is 23.5 Å². The van der Waals surface area contributed by atoms with Gasteiger partial charge in [-0.05, 0) is 19.3 Å². The second kappa shape index (κ2) is 11.2. The molecule has 0 spiro atoms. The van der Waals surface area contributed by atoms with Crippen molar-refractivity contribution in [1.82, 2.24) is 25.7 Å². The lowest BCUT2D eigenvalue weighted by Crippen LogP contribution is -2.56. The van der Waals surface area contributed by atoms with Crippen LogP contribution in [0, 0.1) is 0 Å². The third-order valence-electron chi connectivity index (χ3n) is 5.82. The number of urea groups is 1. The van der Waals surface area contributed by atoms with Crippen LogP contribution < -0.4 is 10.6 Å². The Bertz CT molecular complexity index is 798. The molecule has 1 saturated carbocycles. The standard InChI is InChI=1S/C21H33F2N5O5/c1-3-7-21(22,23)12-15(25-20(31)28-8-10-32-11-9-28)17(30)24-14(4-2)16(29)19-27-26-18(33-19)13-5-6-13/h13-16,29H,3-12H2,1-2H3,(H,24,30)(H,25,31)/t14-,15?,16-/m0/s1. The first kappa shape index (κ1) is 25.3. The van der Waals surface area contributed by atoms with Crippen LogP contribution in [-0.4, -0.2) is 76.5 Å². The molecule has 0 bridgehead atoms. The highest BCUT2D eigenvalue weighted by Crippen LogP contribution is 2.39. The first-order chi connectivity index (χ1) is 15.7. The number of carbonyl (C=O) groups excluding carboxylic acids is 2. The van der Waals surface area contributed by atoms with Gasteiger partial charge in [0, 0.05) is 31.8 Å². The number of alkyl halides is 2. The van der Waals surface area contributed by atoms with Crippen LogP contribution in [0.2, 0.25) is 0 Å². The Morgan fingerprint density at radius 3 is 2.52 bits per heavy atom. The molecule has 3 atom stereocenters. The topological polar surface area (TPSA) is 130 Å². The summed E-state index contributed by atoms with van der Waals surface area (Å²) in [7, 11) is 0. The molecule has 3 amide bonds. The Morgan fingerprint density at radius 1 is 1.21 bits per heavy atom. The molecule has 2 fully saturated rings. The van der Waals surface area contributed by atoms with Crippen molar-refractivity contribution in [3.8, 4) is 0 Å². The highest BCUT2D eigenvalue weighted by molar-refractivity contribution is 5.87. The summed E-state index contributed by atoms with van der Waals surface area (Å²) in [5.74, 6) is -3.33. The normalized spacial score (nSPS) is 19.6. The minimum atomic E-state index is -3.14. The van der Waals surface area contributed by atoms with Crippen molar-refractivity contribution in [2.45, 2.75) is 82.4 Å². The van der Waals surface area contributed by atoms with E-state index in [1.54, 1.807) is 13.8 Å². The Balaban J connectivity index is 1.68. The molecule has 1 saturated heterocycles. The maximum atomic E-state index is 14.4. The zero-order valence-corrected chi connectivity index (χ0v) is 19.1. The van der Waals surface area contributed by atoms with Crippen LogP contribution >= 0.6 is 0 Å². The predicted molar refractivity (Wildman–Crippen MR) is 113 cm³/mol. The second-order valence-corrected chi connectivity index (χ2v) is 8.63. The summed E-state index contributed by atoms with van der Waals surface area (Å²) in [4.78, 5) is 27.0. The molecule has 186 valence electrons. The Labute approximate surface area is 191 Å². The van der Waals surface area contributed by atoms with E-state index in [2.05, 4.69) is 20.8 Å². The van der Waals surface area contributed by atoms with Crippen molar-refractivity contribution in [2.75, 3.05) is 26.3 Å². The first-order valence-electron chi connectivity index (χ1n) is 11.6. The van der Waals surface area contributed by atoms with Crippen molar-refractivity contribution < 1.29 is 32.6 Å². The molecule has 33 heavy (non-hydrogen) atoms. The smallest absolute Gasteiger partial charge is 0.318 e. The van der Waals surface area contributed by atoms with Crippen molar-refractivity contribution in [3.63, 3.8) is 0 Å². The molecular formula is C21H33F2N5O5. The molecule has 1 aromatic rings. The quantitative estimate of drug-likeness (QED) is 0.449. The molecule has 1 aromatic heterocycles. The maximum absolute atomic E-state index is 14.4. The van der Waals surface area contributed by atoms with Crippen molar-refractivity contribution in [1.29, 1.82) is 0 Å². The molecule has 1 aliphatic heterocycles. The highest BCUT2D eigenvalue weighted by atomic mass is 19.3. The van der Waals surface area contributed by atoms with E-state index in [4.69, 9.17) is 9.15 Å². The van der Waals surface area contributed by atoms with Gasteiger partial charge >= 0.3 is 6.03 Å². The van der Waals surface area contributed by atoms with E-state index in [1.807, 2.05) is 0 Å². The van der Waals surface area contributed by atoms with Crippen LogP contribution in [-0.2, 0) is 9.53 Å². The summed E-state index contributed by atoms with van der Waals surface area (Å²) in [6.45, 7) is 4.64. The number of nitrogens with one attached hydrogen (secondary N) is 2. The average Bonchev–Trinajstić information content (AvgIpc) is 3.53. The Kier molecular flexibility index (Phi) is 8.57. The number of carbonyl (C=O) groups is 2. The molecule has 12 heteroatoms. The second-order valence-electron chi connectivity index (χ2n) is 8.63. The molecule has 2 aliphatic rings. The zero-order valence-electron chi connectivity index (χ0n) is 19.1. The summed E-state index contributed by atoms with van der Waals surface area (Å²) in [6.07, 6.45) is -0.146. The van der Waals surface area contributed by atoms with Gasteiger partial charge in [0.25, 0.3) is 5.92 Å². The minimum absolute atomic E-state index is 0.0331. The number of aliphatic hydroxyl groups is 1. The fraction of sp³-hybridized carbons (Fsp3) is 0.810. The van der Waals surface area contributed by atoms with E-state index in [0.29, 0.717) is 32.2 Å². The van der Waals surface area contributed by atoms with E-state index in [1.165, 1.54) is 4.90 Å². The van der Waals surface area contributed by atoms with Gasteiger partial charge < -0.3 is 29.8 Å². The largest absolute Gasteiger partial charge is 0.422 e. The van der Waals surface area contributed by atoms with Gasteiger partial charge in [-0.1, -0.05) is 20.3 Å². The van der Waals surface area contributed by atoms with Crippen LogP contribution in [0.3, 0.4) is 0 Å². The summed E-state index contributed by atoms with van der Waals surface area (Å²) in [5.41, 5.74) is 0. The van der Waals surface area contributed by atoms with E-state index < -0.39 is 48.9 Å². The van der Waals surface area contributed by atoms with Crippen molar-refractivity contribution >= 4 is 11.9 Å². The monoisotopic (exact) mass is 473 g/mol. The molecule has 3 rings (SSSR count). The van der Waals surface area contributed by atoms with Crippen molar-refractivity contribution in [3.05, 3.63) is 11.8 Å². The van der Waals surface area contributed by atoms with Gasteiger partial charge in [0.1, 0.15) is 6.04 Å². The third-order valence-corrected chi connectivity index (χ3v) is 5.82. The van der Waals surface area contributed by atoms with Gasteiger partial charge in [-0.3, -0.25) is 4.79 Å². The zero-order chi connectivity index (χ0) is 24.0. The lowest BCUT2D eigenvalue weighted by molar-refractivity contribution is -0.127. The lowest BCUT2D eigenvalue weighted by atomic mass is 10.0. The van der Waals surface area contributed by atoms with Crippen LogP contribution in [0.25, 0.3) is 0 Å². The van der Waals surface area contributed by atoms with Gasteiger partial charge in [0.15, 0.2) is 6.10 Å². The minimum Gasteiger partial charge on any atom is -0.422 e. The number of aromatic nitrogens is 2. The number of aliphatic hydroxyl groups excluding tert-OH is 1. The summed E-state index contributed by atoms with van der Waals surface area (Å²) >= 11 is 0.